The van der Waals surface area contributed by atoms with Gasteiger partial charge in [-0.3, -0.25) is 4.79 Å². The van der Waals surface area contributed by atoms with Crippen molar-refractivity contribution >= 4 is 22.2 Å². The SMILES string of the molecule is COc1cc(C#N)ccc1OC(C)C(=O)Nc1sccc1C#N. The normalized spacial score (nSPS) is 11.0. The fourth-order valence-electron chi connectivity index (χ4n) is 1.79. The number of benzene rings is 1. The summed E-state index contributed by atoms with van der Waals surface area (Å²) in [6, 6.07) is 10.3. The molecule has 7 heteroatoms. The van der Waals surface area contributed by atoms with Crippen LogP contribution in [0.4, 0.5) is 5.00 Å². The average molecular weight is 327 g/mol. The number of thiophene rings is 1. The number of nitrogens with zero attached hydrogens (tertiary/aromatic N) is 2. The first-order chi connectivity index (χ1) is 11.1. The van der Waals surface area contributed by atoms with Gasteiger partial charge in [-0.25, -0.2) is 0 Å². The number of hydrogen-bond acceptors (Lipinski definition) is 6. The molecule has 0 aliphatic carbocycles. The average Bonchev–Trinajstić information content (AvgIpc) is 3.02. The lowest BCUT2D eigenvalue weighted by molar-refractivity contribution is -0.122. The van der Waals surface area contributed by atoms with E-state index in [0.29, 0.717) is 27.6 Å². The first kappa shape index (κ1) is 16.3. The summed E-state index contributed by atoms with van der Waals surface area (Å²) in [7, 11) is 1.46. The van der Waals surface area contributed by atoms with E-state index in [-0.39, 0.29) is 5.91 Å². The molecule has 116 valence electrons. The molecular weight excluding hydrogens is 314 g/mol. The number of ether oxygens (including phenoxy) is 2. The van der Waals surface area contributed by atoms with Crippen LogP contribution in [0.15, 0.2) is 29.6 Å². The number of rotatable bonds is 5. The monoisotopic (exact) mass is 327 g/mol. The molecule has 0 radical (unpaired) electrons. The Labute approximate surface area is 137 Å². The predicted molar refractivity (Wildman–Crippen MR) is 85.5 cm³/mol. The highest BCUT2D eigenvalue weighted by Gasteiger charge is 2.19. The molecule has 1 amide bonds. The van der Waals surface area contributed by atoms with Gasteiger partial charge in [-0.15, -0.1) is 11.3 Å². The van der Waals surface area contributed by atoms with Gasteiger partial charge in [0.1, 0.15) is 11.1 Å². The summed E-state index contributed by atoms with van der Waals surface area (Å²) in [5.74, 6) is 0.355. The molecule has 0 aliphatic rings. The Kier molecular flexibility index (Phi) is 5.19. The zero-order valence-corrected chi connectivity index (χ0v) is 13.3. The molecule has 0 spiro atoms. The van der Waals surface area contributed by atoms with Crippen LogP contribution in [0.3, 0.4) is 0 Å². The standard InChI is InChI=1S/C16H13N3O3S/c1-10(15(20)19-16-12(9-18)5-6-23-16)22-13-4-3-11(8-17)7-14(13)21-2/h3-7,10H,1-2H3,(H,19,20). The molecule has 0 saturated heterocycles. The Hall–Kier alpha value is -3.03. The van der Waals surface area contributed by atoms with Crippen molar-refractivity contribution < 1.29 is 14.3 Å². The summed E-state index contributed by atoms with van der Waals surface area (Å²) in [6.07, 6.45) is -0.800. The van der Waals surface area contributed by atoms with Crippen LogP contribution in [-0.4, -0.2) is 19.1 Å². The van der Waals surface area contributed by atoms with E-state index in [1.807, 2.05) is 12.1 Å². The summed E-state index contributed by atoms with van der Waals surface area (Å²) >= 11 is 1.27. The van der Waals surface area contributed by atoms with Crippen LogP contribution in [0.5, 0.6) is 11.5 Å². The van der Waals surface area contributed by atoms with Gasteiger partial charge in [0.25, 0.3) is 5.91 Å². The number of carbonyl (C=O) groups excluding carboxylic acids is 1. The van der Waals surface area contributed by atoms with Crippen molar-refractivity contribution in [1.29, 1.82) is 10.5 Å². The van der Waals surface area contributed by atoms with E-state index in [4.69, 9.17) is 20.0 Å². The van der Waals surface area contributed by atoms with Crippen LogP contribution >= 0.6 is 11.3 Å². The second kappa shape index (κ2) is 7.30. The largest absolute Gasteiger partial charge is 0.493 e. The maximum absolute atomic E-state index is 12.2. The number of anilines is 1. The Bertz CT molecular complexity index is 802. The predicted octanol–water partition coefficient (Wildman–Crippen LogP) is 2.91. The second-order valence-corrected chi connectivity index (χ2v) is 5.42. The minimum Gasteiger partial charge on any atom is -0.493 e. The summed E-state index contributed by atoms with van der Waals surface area (Å²) in [4.78, 5) is 12.2. The molecule has 23 heavy (non-hydrogen) atoms. The van der Waals surface area contributed by atoms with Crippen LogP contribution in [0.25, 0.3) is 0 Å². The van der Waals surface area contributed by atoms with E-state index in [1.54, 1.807) is 30.5 Å². The van der Waals surface area contributed by atoms with Gasteiger partial charge in [-0.2, -0.15) is 10.5 Å². The van der Waals surface area contributed by atoms with E-state index in [0.717, 1.165) is 0 Å². The van der Waals surface area contributed by atoms with Crippen molar-refractivity contribution in [2.45, 2.75) is 13.0 Å². The van der Waals surface area contributed by atoms with E-state index >= 15 is 0 Å². The van der Waals surface area contributed by atoms with Crippen LogP contribution < -0.4 is 14.8 Å². The smallest absolute Gasteiger partial charge is 0.265 e. The van der Waals surface area contributed by atoms with Gasteiger partial charge in [-0.1, -0.05) is 0 Å². The van der Waals surface area contributed by atoms with Gasteiger partial charge < -0.3 is 14.8 Å². The minimum atomic E-state index is -0.800. The number of hydrogen-bond donors (Lipinski definition) is 1. The molecule has 2 rings (SSSR count). The molecule has 0 fully saturated rings. The lowest BCUT2D eigenvalue weighted by atomic mass is 10.2. The molecule has 6 nitrogen and oxygen atoms in total. The molecule has 0 aliphatic heterocycles. The zero-order valence-electron chi connectivity index (χ0n) is 12.5. The quantitative estimate of drug-likeness (QED) is 0.911. The van der Waals surface area contributed by atoms with Crippen molar-refractivity contribution in [1.82, 2.24) is 0 Å². The Morgan fingerprint density at radius 1 is 1.26 bits per heavy atom. The van der Waals surface area contributed by atoms with Gasteiger partial charge in [0, 0.05) is 6.07 Å². The highest BCUT2D eigenvalue weighted by molar-refractivity contribution is 7.14. The highest BCUT2D eigenvalue weighted by atomic mass is 32.1. The number of amides is 1. The summed E-state index contributed by atoms with van der Waals surface area (Å²) in [5, 5.41) is 22.7. The molecule has 0 bridgehead atoms. The maximum Gasteiger partial charge on any atom is 0.265 e. The first-order valence-electron chi connectivity index (χ1n) is 6.62. The lowest BCUT2D eigenvalue weighted by Crippen LogP contribution is -2.30. The lowest BCUT2D eigenvalue weighted by Gasteiger charge is -2.16. The van der Waals surface area contributed by atoms with Gasteiger partial charge in [0.05, 0.1) is 24.3 Å². The second-order valence-electron chi connectivity index (χ2n) is 4.50. The fourth-order valence-corrected chi connectivity index (χ4v) is 2.53. The van der Waals surface area contributed by atoms with Crippen molar-refractivity contribution in [3.63, 3.8) is 0 Å². The van der Waals surface area contributed by atoms with Crippen LogP contribution in [0.2, 0.25) is 0 Å². The Morgan fingerprint density at radius 2 is 2.04 bits per heavy atom. The number of nitrogens with one attached hydrogen (secondary N) is 1. The molecule has 2 aromatic rings. The summed E-state index contributed by atoms with van der Waals surface area (Å²) < 4.78 is 10.8. The molecular formula is C16H13N3O3S. The van der Waals surface area contributed by atoms with Crippen LogP contribution in [-0.2, 0) is 4.79 Å². The number of methoxy groups -OCH3 is 1. The van der Waals surface area contributed by atoms with Crippen LogP contribution in [0.1, 0.15) is 18.1 Å². The van der Waals surface area contributed by atoms with Crippen molar-refractivity contribution in [3.05, 3.63) is 40.8 Å². The minimum absolute atomic E-state index is 0.362. The van der Waals surface area contributed by atoms with Gasteiger partial charge in [0.2, 0.25) is 0 Å². The summed E-state index contributed by atoms with van der Waals surface area (Å²) in [5.41, 5.74) is 0.843. The molecule has 1 aromatic heterocycles. The number of nitriles is 2. The molecule has 0 saturated carbocycles. The van der Waals surface area contributed by atoms with E-state index in [9.17, 15) is 4.79 Å². The maximum atomic E-state index is 12.2. The molecule has 1 heterocycles. The third-order valence-corrected chi connectivity index (χ3v) is 3.82. The van der Waals surface area contributed by atoms with E-state index in [1.165, 1.54) is 24.5 Å². The van der Waals surface area contributed by atoms with Gasteiger partial charge in [-0.05, 0) is 30.5 Å². The highest BCUT2D eigenvalue weighted by Crippen LogP contribution is 2.29. The topological polar surface area (TPSA) is 95.1 Å². The molecule has 1 unspecified atom stereocenters. The molecule has 1 aromatic carbocycles. The van der Waals surface area contributed by atoms with Crippen LogP contribution in [0, 0.1) is 22.7 Å². The van der Waals surface area contributed by atoms with E-state index in [2.05, 4.69) is 5.32 Å². The van der Waals surface area contributed by atoms with Crippen molar-refractivity contribution in [2.75, 3.05) is 12.4 Å². The molecule has 1 N–H and O–H groups in total. The third-order valence-electron chi connectivity index (χ3n) is 2.99. The van der Waals surface area contributed by atoms with Gasteiger partial charge in [0.15, 0.2) is 17.6 Å². The Balaban J connectivity index is 2.10. The fraction of sp³-hybridized carbons (Fsp3) is 0.188. The van der Waals surface area contributed by atoms with Gasteiger partial charge >= 0.3 is 0 Å². The first-order valence-corrected chi connectivity index (χ1v) is 7.50. The zero-order chi connectivity index (χ0) is 16.8. The Morgan fingerprint density at radius 3 is 2.70 bits per heavy atom. The molecule has 1 atom stereocenters. The van der Waals surface area contributed by atoms with Crippen molar-refractivity contribution in [3.8, 4) is 23.6 Å². The van der Waals surface area contributed by atoms with Crippen molar-refractivity contribution in [2.24, 2.45) is 0 Å². The summed E-state index contributed by atoms with van der Waals surface area (Å²) in [6.45, 7) is 1.59. The third kappa shape index (κ3) is 3.79. The van der Waals surface area contributed by atoms with E-state index < -0.39 is 6.10 Å². The number of carbonyl (C=O) groups is 1.